The number of hydrogen-bond acceptors (Lipinski definition) is 4. The van der Waals surface area contributed by atoms with E-state index in [-0.39, 0.29) is 0 Å². The molecule has 0 bridgehead atoms. The molecule has 0 unspecified atom stereocenters. The van der Waals surface area contributed by atoms with Gasteiger partial charge in [0.25, 0.3) is 0 Å². The van der Waals surface area contributed by atoms with Gasteiger partial charge in [0.15, 0.2) is 0 Å². The van der Waals surface area contributed by atoms with Crippen molar-refractivity contribution < 1.29 is 4.52 Å². The molecule has 3 nitrogen and oxygen atoms in total. The molecule has 78 valence electrons. The first-order valence-corrected chi connectivity index (χ1v) is 6.04. The number of anilines is 1. The van der Waals surface area contributed by atoms with Gasteiger partial charge in [-0.3, -0.25) is 0 Å². The minimum atomic E-state index is 0.390. The molecule has 2 heterocycles. The van der Waals surface area contributed by atoms with E-state index >= 15 is 0 Å². The van der Waals surface area contributed by atoms with Crippen LogP contribution in [0.3, 0.4) is 0 Å². The minimum Gasteiger partial charge on any atom is -0.368 e. The molecular formula is C11H12N2OS. The SMILES string of the molecule is Nc1cc(-c2csc3c2CCCC3)no1. The number of rotatable bonds is 1. The number of aromatic nitrogens is 1. The Kier molecular flexibility index (Phi) is 2.02. The van der Waals surface area contributed by atoms with Crippen LogP contribution in [0.2, 0.25) is 0 Å². The number of nitrogen functional groups attached to an aromatic ring is 1. The van der Waals surface area contributed by atoms with Gasteiger partial charge in [0.1, 0.15) is 5.69 Å². The second kappa shape index (κ2) is 3.38. The van der Waals surface area contributed by atoms with Crippen LogP contribution in [0.5, 0.6) is 0 Å². The minimum absolute atomic E-state index is 0.390. The van der Waals surface area contributed by atoms with Gasteiger partial charge in [-0.2, -0.15) is 0 Å². The summed E-state index contributed by atoms with van der Waals surface area (Å²) in [5, 5.41) is 6.15. The highest BCUT2D eigenvalue weighted by molar-refractivity contribution is 7.10. The van der Waals surface area contributed by atoms with Crippen LogP contribution in [0.25, 0.3) is 11.3 Å². The molecule has 15 heavy (non-hydrogen) atoms. The first kappa shape index (κ1) is 8.97. The van der Waals surface area contributed by atoms with Crippen LogP contribution in [-0.2, 0) is 12.8 Å². The number of aryl methyl sites for hydroxylation is 1. The lowest BCUT2D eigenvalue weighted by atomic mass is 9.95. The van der Waals surface area contributed by atoms with E-state index in [1.54, 1.807) is 6.07 Å². The quantitative estimate of drug-likeness (QED) is 0.804. The summed E-state index contributed by atoms with van der Waals surface area (Å²) in [6.07, 6.45) is 4.98. The zero-order valence-corrected chi connectivity index (χ0v) is 9.14. The number of hydrogen-bond donors (Lipinski definition) is 1. The maximum absolute atomic E-state index is 5.53. The first-order chi connectivity index (χ1) is 7.34. The molecule has 0 saturated carbocycles. The largest absolute Gasteiger partial charge is 0.368 e. The van der Waals surface area contributed by atoms with E-state index in [4.69, 9.17) is 10.3 Å². The molecule has 0 aliphatic heterocycles. The van der Waals surface area contributed by atoms with Gasteiger partial charge in [-0.25, -0.2) is 0 Å². The van der Waals surface area contributed by atoms with Crippen molar-refractivity contribution in [1.29, 1.82) is 0 Å². The molecule has 1 aliphatic rings. The summed E-state index contributed by atoms with van der Waals surface area (Å²) >= 11 is 1.83. The van der Waals surface area contributed by atoms with E-state index in [0.29, 0.717) is 5.88 Å². The fourth-order valence-corrected chi connectivity index (χ4v) is 3.26. The Labute approximate surface area is 91.9 Å². The zero-order chi connectivity index (χ0) is 10.3. The van der Waals surface area contributed by atoms with E-state index in [1.165, 1.54) is 41.7 Å². The molecule has 0 aromatic carbocycles. The first-order valence-electron chi connectivity index (χ1n) is 5.16. The monoisotopic (exact) mass is 220 g/mol. The van der Waals surface area contributed by atoms with Gasteiger partial charge in [-0.1, -0.05) is 5.16 Å². The number of fused-ring (bicyclic) bond motifs is 1. The third-order valence-corrected chi connectivity index (χ3v) is 3.95. The van der Waals surface area contributed by atoms with Gasteiger partial charge in [-0.05, 0) is 31.2 Å². The van der Waals surface area contributed by atoms with Crippen LogP contribution < -0.4 is 5.73 Å². The standard InChI is InChI=1S/C11H12N2OS/c12-11-5-9(13-14-11)8-6-15-10-4-2-1-3-7(8)10/h5-6H,1-4,12H2. The maximum atomic E-state index is 5.53. The van der Waals surface area contributed by atoms with Gasteiger partial charge >= 0.3 is 0 Å². The Hall–Kier alpha value is -1.29. The van der Waals surface area contributed by atoms with Gasteiger partial charge in [0.2, 0.25) is 5.88 Å². The van der Waals surface area contributed by atoms with Gasteiger partial charge in [0.05, 0.1) is 0 Å². The molecule has 0 radical (unpaired) electrons. The maximum Gasteiger partial charge on any atom is 0.222 e. The summed E-state index contributed by atoms with van der Waals surface area (Å²) in [5.74, 6) is 0.390. The second-order valence-corrected chi connectivity index (χ2v) is 4.84. The third kappa shape index (κ3) is 1.45. The summed E-state index contributed by atoms with van der Waals surface area (Å²) in [6.45, 7) is 0. The summed E-state index contributed by atoms with van der Waals surface area (Å²) in [5.41, 5.74) is 9.09. The van der Waals surface area contributed by atoms with Crippen molar-refractivity contribution in [2.24, 2.45) is 0 Å². The topological polar surface area (TPSA) is 52.0 Å². The van der Waals surface area contributed by atoms with Crippen LogP contribution >= 0.6 is 11.3 Å². The van der Waals surface area contributed by atoms with E-state index in [1.807, 2.05) is 11.3 Å². The molecule has 2 aromatic rings. The molecule has 0 spiro atoms. The van der Waals surface area contributed by atoms with E-state index < -0.39 is 0 Å². The molecule has 0 fully saturated rings. The number of nitrogens with two attached hydrogens (primary N) is 1. The van der Waals surface area contributed by atoms with Gasteiger partial charge in [0, 0.05) is 21.9 Å². The Bertz CT molecular complexity index is 486. The summed E-state index contributed by atoms with van der Waals surface area (Å²) in [4.78, 5) is 1.51. The van der Waals surface area contributed by atoms with Crippen LogP contribution in [0, 0.1) is 0 Å². The van der Waals surface area contributed by atoms with Crippen molar-refractivity contribution in [1.82, 2.24) is 5.16 Å². The van der Waals surface area contributed by atoms with Crippen molar-refractivity contribution in [3.05, 3.63) is 21.9 Å². The van der Waals surface area contributed by atoms with Gasteiger partial charge in [-0.15, -0.1) is 11.3 Å². The lowest BCUT2D eigenvalue weighted by Crippen LogP contribution is -1.99. The van der Waals surface area contributed by atoms with Crippen LogP contribution in [0.1, 0.15) is 23.3 Å². The molecule has 2 aromatic heterocycles. The Morgan fingerprint density at radius 1 is 1.33 bits per heavy atom. The molecule has 0 saturated heterocycles. The van der Waals surface area contributed by atoms with Gasteiger partial charge < -0.3 is 10.3 Å². The highest BCUT2D eigenvalue weighted by Gasteiger charge is 2.18. The molecule has 0 amide bonds. The summed E-state index contributed by atoms with van der Waals surface area (Å²) in [7, 11) is 0. The highest BCUT2D eigenvalue weighted by Crippen LogP contribution is 2.36. The molecule has 0 atom stereocenters. The van der Waals surface area contributed by atoms with Crippen molar-refractivity contribution in [2.45, 2.75) is 25.7 Å². The number of nitrogens with zero attached hydrogens (tertiary/aromatic N) is 1. The predicted molar refractivity (Wildman–Crippen MR) is 60.9 cm³/mol. The normalized spacial score (nSPS) is 15.2. The molecule has 1 aliphatic carbocycles. The Morgan fingerprint density at radius 3 is 3.00 bits per heavy atom. The fraction of sp³-hybridized carbons (Fsp3) is 0.364. The second-order valence-electron chi connectivity index (χ2n) is 3.87. The molecule has 2 N–H and O–H groups in total. The predicted octanol–water partition coefficient (Wildman–Crippen LogP) is 2.86. The number of thiophene rings is 1. The Morgan fingerprint density at radius 2 is 2.20 bits per heavy atom. The van der Waals surface area contributed by atoms with Crippen LogP contribution in [0.4, 0.5) is 5.88 Å². The highest BCUT2D eigenvalue weighted by atomic mass is 32.1. The lowest BCUT2D eigenvalue weighted by Gasteiger charge is -2.11. The van der Waals surface area contributed by atoms with Crippen LogP contribution in [0.15, 0.2) is 16.0 Å². The van der Waals surface area contributed by atoms with E-state index in [0.717, 1.165) is 5.69 Å². The fourth-order valence-electron chi connectivity index (χ4n) is 2.12. The van der Waals surface area contributed by atoms with Crippen molar-refractivity contribution in [3.8, 4) is 11.3 Å². The molecule has 3 rings (SSSR count). The molecule has 4 heteroatoms. The van der Waals surface area contributed by atoms with Crippen molar-refractivity contribution >= 4 is 17.2 Å². The smallest absolute Gasteiger partial charge is 0.222 e. The third-order valence-electron chi connectivity index (χ3n) is 2.87. The van der Waals surface area contributed by atoms with Crippen molar-refractivity contribution in [2.75, 3.05) is 5.73 Å². The Balaban J connectivity index is 2.08. The van der Waals surface area contributed by atoms with Crippen LogP contribution in [-0.4, -0.2) is 5.16 Å². The molecular weight excluding hydrogens is 208 g/mol. The summed E-state index contributed by atoms with van der Waals surface area (Å²) < 4.78 is 4.91. The van der Waals surface area contributed by atoms with Crippen molar-refractivity contribution in [3.63, 3.8) is 0 Å². The lowest BCUT2D eigenvalue weighted by molar-refractivity contribution is 0.439. The van der Waals surface area contributed by atoms with E-state index in [2.05, 4.69) is 10.5 Å². The average Bonchev–Trinajstić information content (AvgIpc) is 2.83. The average molecular weight is 220 g/mol. The van der Waals surface area contributed by atoms with E-state index in [9.17, 15) is 0 Å². The summed E-state index contributed by atoms with van der Waals surface area (Å²) in [6, 6.07) is 1.80. The zero-order valence-electron chi connectivity index (χ0n) is 8.32.